The van der Waals surface area contributed by atoms with Crippen molar-refractivity contribution in [1.82, 2.24) is 5.32 Å². The van der Waals surface area contributed by atoms with Gasteiger partial charge in [-0.05, 0) is 54.0 Å². The molecule has 0 saturated carbocycles. The zero-order valence-electron chi connectivity index (χ0n) is 16.0. The average Bonchev–Trinajstić information content (AvgIpc) is 2.68. The molecular formula is C22H30ClNO2. The van der Waals surface area contributed by atoms with Crippen LogP contribution in [0.15, 0.2) is 42.5 Å². The summed E-state index contributed by atoms with van der Waals surface area (Å²) >= 11 is 5.73. The Hall–Kier alpha value is -1.71. The van der Waals surface area contributed by atoms with E-state index in [1.54, 1.807) is 7.11 Å². The van der Waals surface area contributed by atoms with E-state index in [1.165, 1.54) is 11.1 Å². The highest BCUT2D eigenvalue weighted by atomic mass is 35.5. The van der Waals surface area contributed by atoms with E-state index >= 15 is 0 Å². The lowest BCUT2D eigenvalue weighted by Gasteiger charge is -2.27. The van der Waals surface area contributed by atoms with E-state index in [2.05, 4.69) is 43.4 Å². The molecule has 2 atom stereocenters. The second-order valence-corrected chi connectivity index (χ2v) is 6.93. The van der Waals surface area contributed by atoms with Crippen LogP contribution in [-0.2, 0) is 6.54 Å². The molecule has 2 aromatic rings. The smallest absolute Gasteiger partial charge is 0.120 e. The molecule has 0 amide bonds. The maximum absolute atomic E-state index is 10.2. The zero-order chi connectivity index (χ0) is 18.9. The van der Waals surface area contributed by atoms with E-state index in [-0.39, 0.29) is 0 Å². The Kier molecular flexibility index (Phi) is 8.27. The van der Waals surface area contributed by atoms with Gasteiger partial charge >= 0.3 is 0 Å². The highest BCUT2D eigenvalue weighted by Crippen LogP contribution is 2.39. The number of methoxy groups -OCH3 is 1. The van der Waals surface area contributed by atoms with E-state index in [0.29, 0.717) is 30.0 Å². The van der Waals surface area contributed by atoms with E-state index in [9.17, 15) is 5.11 Å². The van der Waals surface area contributed by atoms with Crippen molar-refractivity contribution in [3.8, 4) is 11.5 Å². The van der Waals surface area contributed by atoms with Crippen molar-refractivity contribution in [2.45, 2.75) is 45.1 Å². The summed E-state index contributed by atoms with van der Waals surface area (Å²) < 4.78 is 5.29. The maximum atomic E-state index is 10.2. The Bertz CT molecular complexity index is 672. The molecule has 0 aliphatic carbocycles. The van der Waals surface area contributed by atoms with Crippen LogP contribution in [0, 0.1) is 0 Å². The van der Waals surface area contributed by atoms with Gasteiger partial charge in [-0.15, -0.1) is 11.6 Å². The minimum Gasteiger partial charge on any atom is -0.508 e. The van der Waals surface area contributed by atoms with Crippen LogP contribution in [0.1, 0.15) is 55.2 Å². The normalized spacial score (nSPS) is 13.4. The van der Waals surface area contributed by atoms with Gasteiger partial charge in [-0.25, -0.2) is 0 Å². The molecule has 0 aliphatic heterocycles. The van der Waals surface area contributed by atoms with Crippen LogP contribution in [0.25, 0.3) is 0 Å². The molecule has 3 nitrogen and oxygen atoms in total. The average molecular weight is 376 g/mol. The van der Waals surface area contributed by atoms with E-state index in [0.717, 1.165) is 30.7 Å². The van der Waals surface area contributed by atoms with Crippen molar-refractivity contribution in [1.29, 1.82) is 0 Å². The first kappa shape index (κ1) is 20.6. The third-order valence-corrected chi connectivity index (χ3v) is 5.22. The van der Waals surface area contributed by atoms with E-state index in [4.69, 9.17) is 16.3 Å². The molecule has 142 valence electrons. The molecule has 26 heavy (non-hydrogen) atoms. The fraction of sp³-hybridized carbons (Fsp3) is 0.455. The number of ether oxygens (including phenoxy) is 1. The van der Waals surface area contributed by atoms with Crippen molar-refractivity contribution in [3.63, 3.8) is 0 Å². The summed E-state index contributed by atoms with van der Waals surface area (Å²) in [4.78, 5) is 0. The minimum absolute atomic E-state index is 0.336. The molecule has 0 fully saturated rings. The van der Waals surface area contributed by atoms with Crippen LogP contribution >= 0.6 is 11.6 Å². The lowest BCUT2D eigenvalue weighted by molar-refractivity contribution is 0.414. The van der Waals surface area contributed by atoms with Gasteiger partial charge in [0, 0.05) is 24.5 Å². The molecule has 2 aromatic carbocycles. The Balaban J connectivity index is 2.27. The van der Waals surface area contributed by atoms with Crippen LogP contribution in [-0.4, -0.2) is 24.6 Å². The lowest BCUT2D eigenvalue weighted by atomic mass is 9.78. The molecular weight excluding hydrogens is 346 g/mol. The van der Waals surface area contributed by atoms with Crippen molar-refractivity contribution < 1.29 is 9.84 Å². The second-order valence-electron chi connectivity index (χ2n) is 6.56. The predicted octanol–water partition coefficient (Wildman–Crippen LogP) is 5.42. The molecule has 0 heterocycles. The molecule has 0 aromatic heterocycles. The zero-order valence-corrected chi connectivity index (χ0v) is 16.7. The first-order valence-electron chi connectivity index (χ1n) is 9.36. The van der Waals surface area contributed by atoms with Crippen molar-refractivity contribution in [2.24, 2.45) is 0 Å². The third-order valence-electron chi connectivity index (χ3n) is 5.03. The summed E-state index contributed by atoms with van der Waals surface area (Å²) in [6.45, 7) is 5.82. The number of hydrogen-bond donors (Lipinski definition) is 2. The molecule has 2 unspecified atom stereocenters. The number of benzene rings is 2. The number of nitrogens with one attached hydrogen (secondary N) is 1. The molecule has 0 saturated heterocycles. The summed E-state index contributed by atoms with van der Waals surface area (Å²) in [5.41, 5.74) is 3.53. The highest BCUT2D eigenvalue weighted by Gasteiger charge is 2.23. The lowest BCUT2D eigenvalue weighted by Crippen LogP contribution is -2.16. The Morgan fingerprint density at radius 2 is 1.62 bits per heavy atom. The molecule has 2 rings (SSSR count). The number of phenolic OH excluding ortho intramolecular Hbond substituents is 1. The Labute approximate surface area is 162 Å². The molecule has 0 radical (unpaired) electrons. The number of rotatable bonds is 10. The quantitative estimate of drug-likeness (QED) is 0.430. The van der Waals surface area contributed by atoms with Crippen molar-refractivity contribution in [2.75, 3.05) is 19.5 Å². The van der Waals surface area contributed by atoms with Gasteiger partial charge in [0.05, 0.1) is 7.11 Å². The number of alkyl halides is 1. The number of halogens is 1. The predicted molar refractivity (Wildman–Crippen MR) is 110 cm³/mol. The van der Waals surface area contributed by atoms with Crippen LogP contribution < -0.4 is 10.1 Å². The number of phenols is 1. The minimum atomic E-state index is 0.336. The van der Waals surface area contributed by atoms with E-state index in [1.807, 2.05) is 18.2 Å². The fourth-order valence-corrected chi connectivity index (χ4v) is 3.76. The molecule has 2 N–H and O–H groups in total. The van der Waals surface area contributed by atoms with Gasteiger partial charge in [0.25, 0.3) is 0 Å². The monoisotopic (exact) mass is 375 g/mol. The Morgan fingerprint density at radius 3 is 2.19 bits per heavy atom. The highest BCUT2D eigenvalue weighted by molar-refractivity contribution is 6.18. The molecule has 0 aliphatic rings. The first-order valence-corrected chi connectivity index (χ1v) is 9.90. The van der Waals surface area contributed by atoms with Gasteiger partial charge < -0.3 is 15.2 Å². The van der Waals surface area contributed by atoms with Gasteiger partial charge in [0.2, 0.25) is 0 Å². The third kappa shape index (κ3) is 5.15. The van der Waals surface area contributed by atoms with Crippen LogP contribution in [0.5, 0.6) is 11.5 Å². The summed E-state index contributed by atoms with van der Waals surface area (Å²) in [6.07, 6.45) is 2.11. The van der Waals surface area contributed by atoms with Crippen LogP contribution in [0.2, 0.25) is 0 Å². The fourth-order valence-electron chi connectivity index (χ4n) is 3.62. The van der Waals surface area contributed by atoms with Gasteiger partial charge in [0.15, 0.2) is 0 Å². The molecule has 0 bridgehead atoms. The molecule has 0 spiro atoms. The standard InChI is InChI=1S/C22H30ClNO2/c1-4-20(16-6-9-19(26-3)10-7-16)21(5-2)17-8-11-22(25)18(14-17)15-24-13-12-23/h6-11,14,20-21,24-25H,4-5,12-13,15H2,1-3H3. The SMILES string of the molecule is CCC(c1ccc(OC)cc1)C(CC)c1ccc(O)c(CNCCCl)c1. The maximum Gasteiger partial charge on any atom is 0.120 e. The summed E-state index contributed by atoms with van der Waals surface area (Å²) in [7, 11) is 1.69. The largest absolute Gasteiger partial charge is 0.508 e. The van der Waals surface area contributed by atoms with Crippen LogP contribution in [0.4, 0.5) is 0 Å². The van der Waals surface area contributed by atoms with Gasteiger partial charge in [-0.2, -0.15) is 0 Å². The van der Waals surface area contributed by atoms with Crippen LogP contribution in [0.3, 0.4) is 0 Å². The number of aromatic hydroxyl groups is 1. The van der Waals surface area contributed by atoms with Gasteiger partial charge in [0.1, 0.15) is 11.5 Å². The second kappa shape index (κ2) is 10.4. The van der Waals surface area contributed by atoms with Gasteiger partial charge in [-0.1, -0.05) is 38.1 Å². The summed E-state index contributed by atoms with van der Waals surface area (Å²) in [5.74, 6) is 2.62. The first-order chi connectivity index (χ1) is 12.6. The summed E-state index contributed by atoms with van der Waals surface area (Å²) in [5, 5.41) is 13.4. The van der Waals surface area contributed by atoms with Crippen molar-refractivity contribution in [3.05, 3.63) is 59.2 Å². The summed E-state index contributed by atoms with van der Waals surface area (Å²) in [6, 6.07) is 14.4. The Morgan fingerprint density at radius 1 is 1.00 bits per heavy atom. The topological polar surface area (TPSA) is 41.5 Å². The number of hydrogen-bond acceptors (Lipinski definition) is 3. The van der Waals surface area contributed by atoms with Gasteiger partial charge in [-0.3, -0.25) is 0 Å². The van der Waals surface area contributed by atoms with Crippen molar-refractivity contribution >= 4 is 11.6 Å². The molecule has 4 heteroatoms. The van der Waals surface area contributed by atoms with E-state index < -0.39 is 0 Å².